The molecule has 1 atom stereocenters. The smallest absolute Gasteiger partial charge is 0.0846 e. The number of aromatic nitrogens is 2. The molecule has 3 nitrogen and oxygen atoms in total. The van der Waals surface area contributed by atoms with E-state index in [-0.39, 0.29) is 0 Å². The molecular weight excluding hydrogens is 246 g/mol. The summed E-state index contributed by atoms with van der Waals surface area (Å²) in [7, 11) is 4.00. The summed E-state index contributed by atoms with van der Waals surface area (Å²) in [5.41, 5.74) is 2.37. The molecule has 1 heterocycles. The van der Waals surface area contributed by atoms with Crippen LogP contribution in [0.5, 0.6) is 0 Å². The van der Waals surface area contributed by atoms with Crippen molar-refractivity contribution in [2.75, 3.05) is 7.05 Å². The fraction of sp³-hybridized carbons (Fsp3) is 0.786. The van der Waals surface area contributed by atoms with Crippen LogP contribution < -0.4 is 5.32 Å². The van der Waals surface area contributed by atoms with Gasteiger partial charge in [0.1, 0.15) is 0 Å². The van der Waals surface area contributed by atoms with Gasteiger partial charge in [-0.15, -0.1) is 0 Å². The van der Waals surface area contributed by atoms with E-state index in [1.165, 1.54) is 0 Å². The van der Waals surface area contributed by atoms with Gasteiger partial charge in [-0.3, -0.25) is 4.68 Å². The maximum atomic E-state index is 6.25. The topological polar surface area (TPSA) is 29.9 Å². The number of nitrogens with one attached hydrogen (secondary N) is 1. The van der Waals surface area contributed by atoms with E-state index in [0.717, 1.165) is 35.7 Å². The number of nitrogens with zero attached hydrogens (tertiary/aromatic N) is 2. The lowest BCUT2D eigenvalue weighted by Gasteiger charge is -2.30. The summed E-state index contributed by atoms with van der Waals surface area (Å²) in [6.45, 7) is 8.78. The summed E-state index contributed by atoms with van der Waals surface area (Å²) in [5, 5.41) is 8.58. The van der Waals surface area contributed by atoms with Crippen LogP contribution in [0, 0.1) is 12.3 Å². The lowest BCUT2D eigenvalue weighted by molar-refractivity contribution is 0.263. The van der Waals surface area contributed by atoms with Gasteiger partial charge in [0.25, 0.3) is 0 Å². The van der Waals surface area contributed by atoms with Crippen molar-refractivity contribution in [3.05, 3.63) is 16.4 Å². The Hall–Kier alpha value is -0.540. The van der Waals surface area contributed by atoms with Crippen molar-refractivity contribution in [1.29, 1.82) is 0 Å². The first-order valence-corrected chi connectivity index (χ1v) is 7.00. The van der Waals surface area contributed by atoms with Crippen molar-refractivity contribution in [3.63, 3.8) is 0 Å². The van der Waals surface area contributed by atoms with Gasteiger partial charge in [-0.1, -0.05) is 32.4 Å². The van der Waals surface area contributed by atoms with Crippen LogP contribution >= 0.6 is 11.6 Å². The van der Waals surface area contributed by atoms with Gasteiger partial charge >= 0.3 is 0 Å². The predicted octanol–water partition coefficient (Wildman–Crippen LogP) is 3.34. The van der Waals surface area contributed by atoms with Gasteiger partial charge in [0.15, 0.2) is 0 Å². The molecule has 0 aliphatic carbocycles. The fourth-order valence-electron chi connectivity index (χ4n) is 2.44. The molecule has 18 heavy (non-hydrogen) atoms. The van der Waals surface area contributed by atoms with Crippen LogP contribution in [0.25, 0.3) is 0 Å². The summed E-state index contributed by atoms with van der Waals surface area (Å²) >= 11 is 6.25. The van der Waals surface area contributed by atoms with Gasteiger partial charge in [0.2, 0.25) is 0 Å². The third-order valence-electron chi connectivity index (χ3n) is 3.56. The summed E-state index contributed by atoms with van der Waals surface area (Å²) < 4.78 is 1.91. The standard InChI is InChI=1S/C14H26ClN3/c1-10-13(15)11(18(6)17-10)8-7-9-12(16-5)14(2,3)4/h12,16H,7-9H2,1-6H3. The quantitative estimate of drug-likeness (QED) is 0.890. The molecule has 1 aromatic heterocycles. The van der Waals surface area contributed by atoms with Gasteiger partial charge in [-0.2, -0.15) is 5.10 Å². The zero-order valence-corrected chi connectivity index (χ0v) is 13.2. The molecule has 1 unspecified atom stereocenters. The second-order valence-corrected chi connectivity index (χ2v) is 6.45. The Morgan fingerprint density at radius 1 is 1.39 bits per heavy atom. The largest absolute Gasteiger partial charge is 0.316 e. The van der Waals surface area contributed by atoms with Crippen LogP contribution in [0.15, 0.2) is 0 Å². The molecular formula is C14H26ClN3. The van der Waals surface area contributed by atoms with Crippen molar-refractivity contribution < 1.29 is 0 Å². The third-order valence-corrected chi connectivity index (χ3v) is 4.05. The molecule has 1 aromatic rings. The monoisotopic (exact) mass is 271 g/mol. The fourth-order valence-corrected chi connectivity index (χ4v) is 2.69. The zero-order chi connectivity index (χ0) is 13.9. The van der Waals surface area contributed by atoms with Crippen molar-refractivity contribution in [2.24, 2.45) is 12.5 Å². The number of hydrogen-bond acceptors (Lipinski definition) is 2. The Morgan fingerprint density at radius 3 is 2.39 bits per heavy atom. The lowest BCUT2D eigenvalue weighted by atomic mass is 9.84. The third kappa shape index (κ3) is 3.72. The number of hydrogen-bond donors (Lipinski definition) is 1. The highest BCUT2D eigenvalue weighted by Crippen LogP contribution is 2.25. The van der Waals surface area contributed by atoms with Crippen LogP contribution in [0.1, 0.15) is 45.0 Å². The molecule has 4 heteroatoms. The summed E-state index contributed by atoms with van der Waals surface area (Å²) in [5.74, 6) is 0. The molecule has 0 spiro atoms. The van der Waals surface area contributed by atoms with E-state index >= 15 is 0 Å². The van der Waals surface area contributed by atoms with E-state index in [1.54, 1.807) is 0 Å². The van der Waals surface area contributed by atoms with E-state index in [4.69, 9.17) is 11.6 Å². The lowest BCUT2D eigenvalue weighted by Crippen LogP contribution is -2.37. The number of rotatable bonds is 5. The Morgan fingerprint density at radius 2 is 2.00 bits per heavy atom. The maximum absolute atomic E-state index is 6.25. The molecule has 0 saturated carbocycles. The zero-order valence-electron chi connectivity index (χ0n) is 12.5. The Kier molecular flexibility index (Phi) is 5.23. The minimum absolute atomic E-state index is 0.293. The van der Waals surface area contributed by atoms with E-state index in [2.05, 4.69) is 31.2 Å². The summed E-state index contributed by atoms with van der Waals surface area (Å²) in [4.78, 5) is 0. The SMILES string of the molecule is CNC(CCCc1c(Cl)c(C)nn1C)C(C)(C)C. The normalized spacial score (nSPS) is 13.9. The van der Waals surface area contributed by atoms with Gasteiger partial charge in [0.05, 0.1) is 16.4 Å². The highest BCUT2D eigenvalue weighted by Gasteiger charge is 2.22. The maximum Gasteiger partial charge on any atom is 0.0846 e. The highest BCUT2D eigenvalue weighted by atomic mass is 35.5. The average Bonchev–Trinajstić information content (AvgIpc) is 2.48. The Balaban J connectivity index is 2.56. The van der Waals surface area contributed by atoms with E-state index in [1.807, 2.05) is 25.7 Å². The van der Waals surface area contributed by atoms with Crippen molar-refractivity contribution in [2.45, 2.75) is 53.0 Å². The minimum atomic E-state index is 0.293. The molecule has 0 aliphatic heterocycles. The first kappa shape index (κ1) is 15.5. The molecule has 0 aromatic carbocycles. The molecule has 0 aliphatic rings. The van der Waals surface area contributed by atoms with Crippen LogP contribution in [-0.2, 0) is 13.5 Å². The second-order valence-electron chi connectivity index (χ2n) is 6.07. The van der Waals surface area contributed by atoms with Gasteiger partial charge < -0.3 is 5.32 Å². The summed E-state index contributed by atoms with van der Waals surface area (Å²) in [6, 6.07) is 0.533. The minimum Gasteiger partial charge on any atom is -0.316 e. The van der Waals surface area contributed by atoms with Crippen LogP contribution in [0.3, 0.4) is 0 Å². The molecule has 0 amide bonds. The average molecular weight is 272 g/mol. The van der Waals surface area contributed by atoms with Crippen molar-refractivity contribution in [1.82, 2.24) is 15.1 Å². The van der Waals surface area contributed by atoms with Crippen LogP contribution in [0.4, 0.5) is 0 Å². The number of aryl methyl sites for hydroxylation is 2. The van der Waals surface area contributed by atoms with Crippen molar-refractivity contribution in [3.8, 4) is 0 Å². The molecule has 1 rings (SSSR count). The Bertz CT molecular complexity index is 390. The first-order chi connectivity index (χ1) is 8.27. The van der Waals surface area contributed by atoms with Gasteiger partial charge in [0, 0.05) is 13.1 Å². The van der Waals surface area contributed by atoms with Crippen LogP contribution in [0.2, 0.25) is 5.02 Å². The van der Waals surface area contributed by atoms with Gasteiger partial charge in [-0.05, 0) is 38.6 Å². The van der Waals surface area contributed by atoms with Crippen LogP contribution in [-0.4, -0.2) is 22.9 Å². The molecule has 0 radical (unpaired) electrons. The van der Waals surface area contributed by atoms with Gasteiger partial charge in [-0.25, -0.2) is 0 Å². The molecule has 0 fully saturated rings. The first-order valence-electron chi connectivity index (χ1n) is 6.62. The van der Waals surface area contributed by atoms with E-state index < -0.39 is 0 Å². The van der Waals surface area contributed by atoms with E-state index in [0.29, 0.717) is 11.5 Å². The number of halogens is 1. The molecule has 0 bridgehead atoms. The Labute approximate surface area is 116 Å². The second kappa shape index (κ2) is 6.07. The van der Waals surface area contributed by atoms with Crippen molar-refractivity contribution >= 4 is 11.6 Å². The summed E-state index contributed by atoms with van der Waals surface area (Å²) in [6.07, 6.45) is 3.27. The molecule has 104 valence electrons. The van der Waals surface area contributed by atoms with E-state index in [9.17, 15) is 0 Å². The molecule has 1 N–H and O–H groups in total. The predicted molar refractivity (Wildman–Crippen MR) is 78.2 cm³/mol. The molecule has 0 saturated heterocycles. The highest BCUT2D eigenvalue weighted by molar-refractivity contribution is 6.31.